The van der Waals surface area contributed by atoms with Crippen LogP contribution in [-0.2, 0) is 21.4 Å². The van der Waals surface area contributed by atoms with Crippen LogP contribution in [0, 0.1) is 17.3 Å². The summed E-state index contributed by atoms with van der Waals surface area (Å²) in [5.41, 5.74) is 3.01. The molecule has 3 aliphatic heterocycles. The zero-order valence-electron chi connectivity index (χ0n) is 23.8. The van der Waals surface area contributed by atoms with E-state index in [0.29, 0.717) is 17.2 Å². The molecule has 5 heteroatoms. The van der Waals surface area contributed by atoms with Crippen LogP contribution < -0.4 is 10.2 Å². The van der Waals surface area contributed by atoms with E-state index in [9.17, 15) is 14.4 Å². The molecule has 0 saturated carbocycles. The number of carbonyl (C=O) groups is 3. The van der Waals surface area contributed by atoms with Gasteiger partial charge in [0.1, 0.15) is 11.5 Å². The summed E-state index contributed by atoms with van der Waals surface area (Å²) in [4.78, 5) is 45.7. The zero-order chi connectivity index (χ0) is 28.4. The molecule has 3 heterocycles. The van der Waals surface area contributed by atoms with Crippen LogP contribution in [0.2, 0.25) is 0 Å². The van der Waals surface area contributed by atoms with Crippen LogP contribution in [0.4, 0.5) is 11.4 Å². The number of hydrogen-bond acceptors (Lipinski definition) is 4. The van der Waals surface area contributed by atoms with Gasteiger partial charge in [-0.1, -0.05) is 107 Å². The molecule has 5 nitrogen and oxygen atoms in total. The number of carbonyl (C=O) groups excluding carboxylic acids is 3. The number of nitrogens with one attached hydrogen (secondary N) is 1. The van der Waals surface area contributed by atoms with Crippen LogP contribution >= 0.6 is 0 Å². The molecule has 3 aliphatic rings. The second-order valence-electron chi connectivity index (χ2n) is 12.8. The molecule has 40 heavy (non-hydrogen) atoms. The van der Waals surface area contributed by atoms with E-state index in [1.807, 2.05) is 106 Å². The minimum Gasteiger partial charge on any atom is -0.352 e. The van der Waals surface area contributed by atoms with Gasteiger partial charge in [0.2, 0.25) is 5.91 Å². The van der Waals surface area contributed by atoms with Crippen molar-refractivity contribution in [3.05, 3.63) is 101 Å². The molecule has 1 spiro atoms. The maximum absolute atomic E-state index is 14.8. The summed E-state index contributed by atoms with van der Waals surface area (Å²) in [5.74, 6) is -0.876. The maximum Gasteiger partial charge on any atom is 0.238 e. The predicted octanol–water partition coefficient (Wildman–Crippen LogP) is 6.47. The normalized spacial score (nSPS) is 24.6. The molecule has 0 bridgehead atoms. The molecular formula is C35H36N2O3. The first-order chi connectivity index (χ1) is 19.0. The van der Waals surface area contributed by atoms with E-state index in [0.717, 1.165) is 28.8 Å². The van der Waals surface area contributed by atoms with Crippen LogP contribution in [0.1, 0.15) is 61.7 Å². The zero-order valence-corrected chi connectivity index (χ0v) is 23.8. The Morgan fingerprint density at radius 3 is 2.33 bits per heavy atom. The van der Waals surface area contributed by atoms with Crippen LogP contribution in [0.15, 0.2) is 78.9 Å². The molecule has 1 saturated heterocycles. The highest BCUT2D eigenvalue weighted by molar-refractivity contribution is 6.17. The number of amides is 1. The van der Waals surface area contributed by atoms with Crippen molar-refractivity contribution in [3.8, 4) is 0 Å². The molecule has 3 aromatic carbocycles. The van der Waals surface area contributed by atoms with Gasteiger partial charge < -0.3 is 10.2 Å². The fourth-order valence-electron chi connectivity index (χ4n) is 7.02. The minimum absolute atomic E-state index is 0.0496. The number of para-hydroxylation sites is 2. The van der Waals surface area contributed by atoms with E-state index < -0.39 is 28.8 Å². The molecule has 1 N–H and O–H groups in total. The fourth-order valence-corrected chi connectivity index (χ4v) is 7.02. The van der Waals surface area contributed by atoms with Gasteiger partial charge in [-0.2, -0.15) is 0 Å². The quantitative estimate of drug-likeness (QED) is 0.382. The number of nitrogens with zero attached hydrogens (tertiary/aromatic N) is 1. The highest BCUT2D eigenvalue weighted by Gasteiger charge is 2.70. The van der Waals surface area contributed by atoms with Crippen molar-refractivity contribution in [1.82, 2.24) is 0 Å². The monoisotopic (exact) mass is 532 g/mol. The van der Waals surface area contributed by atoms with E-state index in [-0.39, 0.29) is 17.5 Å². The Hall–Kier alpha value is -3.99. The maximum atomic E-state index is 14.8. The molecule has 6 rings (SSSR count). The van der Waals surface area contributed by atoms with Gasteiger partial charge in [-0.05, 0) is 41.2 Å². The van der Waals surface area contributed by atoms with Crippen molar-refractivity contribution >= 4 is 34.9 Å². The van der Waals surface area contributed by atoms with Crippen molar-refractivity contribution in [2.24, 2.45) is 17.3 Å². The van der Waals surface area contributed by atoms with E-state index in [4.69, 9.17) is 0 Å². The number of fused-ring (bicyclic) bond motifs is 6. The highest BCUT2D eigenvalue weighted by atomic mass is 16.2. The lowest BCUT2D eigenvalue weighted by Crippen LogP contribution is -2.51. The number of hydrogen-bond donors (Lipinski definition) is 1. The molecular weight excluding hydrogens is 496 g/mol. The van der Waals surface area contributed by atoms with Gasteiger partial charge in [-0.3, -0.25) is 14.4 Å². The van der Waals surface area contributed by atoms with Crippen molar-refractivity contribution in [1.29, 1.82) is 0 Å². The average Bonchev–Trinajstić information content (AvgIpc) is 3.40. The molecule has 0 unspecified atom stereocenters. The third-order valence-corrected chi connectivity index (χ3v) is 8.71. The number of ketones is 2. The Kier molecular flexibility index (Phi) is 6.10. The largest absolute Gasteiger partial charge is 0.352 e. The van der Waals surface area contributed by atoms with Gasteiger partial charge in [0.05, 0.1) is 12.0 Å². The summed E-state index contributed by atoms with van der Waals surface area (Å²) in [6, 6.07) is 22.0. The fraction of sp³-hybridized carbons (Fsp3) is 0.343. The summed E-state index contributed by atoms with van der Waals surface area (Å²) in [6.07, 6.45) is 4.96. The summed E-state index contributed by atoms with van der Waals surface area (Å²) in [7, 11) is 0. The van der Waals surface area contributed by atoms with Crippen LogP contribution in [0.5, 0.6) is 0 Å². The van der Waals surface area contributed by atoms with Gasteiger partial charge >= 0.3 is 0 Å². The second kappa shape index (κ2) is 9.29. The Balaban J connectivity index is 1.61. The smallest absolute Gasteiger partial charge is 0.238 e. The molecule has 4 atom stereocenters. The molecule has 3 aromatic rings. The number of Topliss-reactive ketones (excluding diaryl/α,β-unsaturated/α-hetero) is 2. The summed E-state index contributed by atoms with van der Waals surface area (Å²) in [6.45, 7) is 10.0. The SMILES string of the molecule is CC(C)Cc1ccc(C(=O)[C@@H]2[C@@H](C(=O)C(C)(C)C)N3c4ccccc4C=C[C@@H]3[C@@]23C(=O)Nc2ccccc23)cc1. The molecule has 1 amide bonds. The lowest BCUT2D eigenvalue weighted by Gasteiger charge is -2.38. The van der Waals surface area contributed by atoms with Crippen LogP contribution in [0.25, 0.3) is 6.08 Å². The predicted molar refractivity (Wildman–Crippen MR) is 160 cm³/mol. The Labute approximate surface area is 236 Å². The molecule has 0 aliphatic carbocycles. The molecule has 1 fully saturated rings. The van der Waals surface area contributed by atoms with Crippen LogP contribution in [-0.4, -0.2) is 29.6 Å². The molecule has 204 valence electrons. The Morgan fingerprint density at radius 2 is 1.62 bits per heavy atom. The standard InChI is InChI=1S/C35H36N2O3/c1-21(2)20-22-14-16-24(17-15-22)31(38)29-30(32(39)34(3,4)5)37-27-13-9-6-10-23(27)18-19-28(37)35(29)25-11-7-8-12-26(25)36-33(35)40/h6-19,21,28-30H,20H2,1-5H3,(H,36,40)/t28-,29+,30+,35-/m1/s1. The van der Waals surface area contributed by atoms with Gasteiger partial charge in [-0.15, -0.1) is 0 Å². The van der Waals surface area contributed by atoms with Crippen molar-refractivity contribution in [2.75, 3.05) is 10.2 Å². The Morgan fingerprint density at radius 1 is 0.950 bits per heavy atom. The van der Waals surface area contributed by atoms with Gasteiger partial charge in [0.25, 0.3) is 0 Å². The summed E-state index contributed by atoms with van der Waals surface area (Å²) >= 11 is 0. The van der Waals surface area contributed by atoms with Crippen molar-refractivity contribution < 1.29 is 14.4 Å². The van der Waals surface area contributed by atoms with E-state index in [2.05, 4.69) is 24.1 Å². The first kappa shape index (κ1) is 26.2. The first-order valence-corrected chi connectivity index (χ1v) is 14.2. The number of rotatable bonds is 5. The summed E-state index contributed by atoms with van der Waals surface area (Å²) < 4.78 is 0. The van der Waals surface area contributed by atoms with E-state index >= 15 is 0 Å². The Bertz CT molecular complexity index is 1550. The first-order valence-electron chi connectivity index (χ1n) is 14.2. The molecule has 0 aromatic heterocycles. The van der Waals surface area contributed by atoms with E-state index in [1.54, 1.807) is 0 Å². The summed E-state index contributed by atoms with van der Waals surface area (Å²) in [5, 5.41) is 3.09. The van der Waals surface area contributed by atoms with Gasteiger partial charge in [0.15, 0.2) is 11.6 Å². The third-order valence-electron chi connectivity index (χ3n) is 8.71. The average molecular weight is 533 g/mol. The van der Waals surface area contributed by atoms with Gasteiger partial charge in [0, 0.05) is 22.4 Å². The van der Waals surface area contributed by atoms with Crippen LogP contribution in [0.3, 0.4) is 0 Å². The lowest BCUT2D eigenvalue weighted by atomic mass is 9.63. The van der Waals surface area contributed by atoms with Crippen molar-refractivity contribution in [2.45, 2.75) is 58.5 Å². The van der Waals surface area contributed by atoms with Crippen molar-refractivity contribution in [3.63, 3.8) is 0 Å². The number of benzene rings is 3. The third kappa shape index (κ3) is 3.78. The van der Waals surface area contributed by atoms with E-state index in [1.165, 1.54) is 0 Å². The highest BCUT2D eigenvalue weighted by Crippen LogP contribution is 2.58. The minimum atomic E-state index is -1.26. The topological polar surface area (TPSA) is 66.5 Å². The molecule has 0 radical (unpaired) electrons. The lowest BCUT2D eigenvalue weighted by molar-refractivity contribution is -0.128. The second-order valence-corrected chi connectivity index (χ2v) is 12.8. The van der Waals surface area contributed by atoms with Gasteiger partial charge in [-0.25, -0.2) is 0 Å². The number of anilines is 2.